The summed E-state index contributed by atoms with van der Waals surface area (Å²) in [5.74, 6) is 2.66. The first-order chi connectivity index (χ1) is 17.0. The van der Waals surface area contributed by atoms with Crippen molar-refractivity contribution in [2.24, 2.45) is 0 Å². The molecule has 0 heterocycles. The molecule has 0 radical (unpaired) electrons. The molecule has 7 heteroatoms. The topological polar surface area (TPSA) is 75.3 Å². The SMILES string of the molecule is COc1cccc(/C=C/C(=O)Nc2cc(/C=C/c3cc(OC)c(OC)c(OC)c3)ccc2OC)c1. The predicted octanol–water partition coefficient (Wildman–Crippen LogP) is 5.55. The van der Waals surface area contributed by atoms with Gasteiger partial charge in [-0.05, 0) is 59.2 Å². The molecule has 35 heavy (non-hydrogen) atoms. The minimum Gasteiger partial charge on any atom is -0.497 e. The summed E-state index contributed by atoms with van der Waals surface area (Å²) in [4.78, 5) is 12.6. The monoisotopic (exact) mass is 475 g/mol. The molecule has 0 atom stereocenters. The van der Waals surface area contributed by atoms with Crippen molar-refractivity contribution < 1.29 is 28.5 Å². The molecule has 182 valence electrons. The molecule has 1 N–H and O–H groups in total. The number of hydrogen-bond donors (Lipinski definition) is 1. The summed E-state index contributed by atoms with van der Waals surface area (Å²) in [5, 5.41) is 2.88. The minimum atomic E-state index is -0.281. The fourth-order valence-corrected chi connectivity index (χ4v) is 3.41. The van der Waals surface area contributed by atoms with Crippen molar-refractivity contribution in [2.45, 2.75) is 0 Å². The van der Waals surface area contributed by atoms with Crippen molar-refractivity contribution in [1.82, 2.24) is 0 Å². The number of ether oxygens (including phenoxy) is 5. The Hall–Kier alpha value is -4.39. The lowest BCUT2D eigenvalue weighted by Gasteiger charge is -2.13. The van der Waals surface area contributed by atoms with Gasteiger partial charge in [0.1, 0.15) is 11.5 Å². The highest BCUT2D eigenvalue weighted by molar-refractivity contribution is 6.03. The highest BCUT2D eigenvalue weighted by atomic mass is 16.5. The number of nitrogens with one attached hydrogen (secondary N) is 1. The van der Waals surface area contributed by atoms with E-state index in [0.717, 1.165) is 22.4 Å². The third kappa shape index (κ3) is 6.57. The van der Waals surface area contributed by atoms with Gasteiger partial charge in [-0.2, -0.15) is 0 Å². The number of amides is 1. The Morgan fingerprint density at radius 3 is 1.94 bits per heavy atom. The molecule has 0 aliphatic heterocycles. The van der Waals surface area contributed by atoms with Gasteiger partial charge in [-0.1, -0.05) is 30.4 Å². The summed E-state index contributed by atoms with van der Waals surface area (Å²) in [7, 11) is 7.88. The first kappa shape index (κ1) is 25.2. The standard InChI is InChI=1S/C28H29NO6/c1-31-22-8-6-7-19(15-22)12-14-27(30)29-23-16-20(11-13-24(23)32-2)9-10-21-17-25(33-3)28(35-5)26(18-21)34-4/h6-18H,1-5H3,(H,29,30)/b10-9+,14-12+. The van der Waals surface area contributed by atoms with Crippen LogP contribution in [0.1, 0.15) is 16.7 Å². The predicted molar refractivity (Wildman–Crippen MR) is 139 cm³/mol. The van der Waals surface area contributed by atoms with Crippen molar-refractivity contribution in [3.05, 3.63) is 77.4 Å². The molecular weight excluding hydrogens is 446 g/mol. The molecule has 0 bridgehead atoms. The second-order valence-electron chi connectivity index (χ2n) is 7.35. The van der Waals surface area contributed by atoms with E-state index in [1.54, 1.807) is 47.7 Å². The lowest BCUT2D eigenvalue weighted by molar-refractivity contribution is -0.111. The van der Waals surface area contributed by atoms with Gasteiger partial charge < -0.3 is 29.0 Å². The number of anilines is 1. The summed E-state index contributed by atoms with van der Waals surface area (Å²) in [6.45, 7) is 0. The highest BCUT2D eigenvalue weighted by Crippen LogP contribution is 2.38. The fourth-order valence-electron chi connectivity index (χ4n) is 3.41. The summed E-state index contributed by atoms with van der Waals surface area (Å²) >= 11 is 0. The Morgan fingerprint density at radius 2 is 1.31 bits per heavy atom. The Kier molecular flexibility index (Phi) is 8.78. The van der Waals surface area contributed by atoms with Gasteiger partial charge in [-0.25, -0.2) is 0 Å². The summed E-state index contributed by atoms with van der Waals surface area (Å²) in [6, 6.07) is 16.7. The van der Waals surface area contributed by atoms with Crippen LogP contribution in [0.4, 0.5) is 5.69 Å². The van der Waals surface area contributed by atoms with Crippen molar-refractivity contribution in [3.63, 3.8) is 0 Å². The Morgan fingerprint density at radius 1 is 0.657 bits per heavy atom. The van der Waals surface area contributed by atoms with Gasteiger partial charge in [0.15, 0.2) is 11.5 Å². The van der Waals surface area contributed by atoms with Crippen LogP contribution < -0.4 is 29.0 Å². The first-order valence-corrected chi connectivity index (χ1v) is 10.8. The van der Waals surface area contributed by atoms with Crippen LogP contribution in [0.2, 0.25) is 0 Å². The van der Waals surface area contributed by atoms with E-state index in [2.05, 4.69) is 5.32 Å². The fraction of sp³-hybridized carbons (Fsp3) is 0.179. The summed E-state index contributed by atoms with van der Waals surface area (Å²) in [5.41, 5.74) is 3.14. The molecule has 0 fully saturated rings. The van der Waals surface area contributed by atoms with E-state index in [-0.39, 0.29) is 5.91 Å². The molecule has 3 rings (SSSR count). The van der Waals surface area contributed by atoms with Crippen LogP contribution in [0.3, 0.4) is 0 Å². The smallest absolute Gasteiger partial charge is 0.248 e. The lowest BCUT2D eigenvalue weighted by Crippen LogP contribution is -2.09. The highest BCUT2D eigenvalue weighted by Gasteiger charge is 2.12. The van der Waals surface area contributed by atoms with Crippen molar-refractivity contribution in [3.8, 4) is 28.7 Å². The van der Waals surface area contributed by atoms with Crippen LogP contribution in [-0.4, -0.2) is 41.5 Å². The van der Waals surface area contributed by atoms with Crippen molar-refractivity contribution >= 4 is 29.8 Å². The second-order valence-corrected chi connectivity index (χ2v) is 7.35. The molecule has 0 saturated carbocycles. The number of rotatable bonds is 10. The summed E-state index contributed by atoms with van der Waals surface area (Å²) < 4.78 is 26.8. The van der Waals surface area contributed by atoms with Crippen LogP contribution in [0.25, 0.3) is 18.2 Å². The van der Waals surface area contributed by atoms with Crippen LogP contribution in [0.15, 0.2) is 60.7 Å². The largest absolute Gasteiger partial charge is 0.497 e. The van der Waals surface area contributed by atoms with Crippen molar-refractivity contribution in [2.75, 3.05) is 40.9 Å². The van der Waals surface area contributed by atoms with Crippen LogP contribution in [0.5, 0.6) is 28.7 Å². The molecule has 0 spiro atoms. The number of benzene rings is 3. The molecular formula is C28H29NO6. The molecule has 0 saturated heterocycles. The molecule has 0 aromatic heterocycles. The van der Waals surface area contributed by atoms with Gasteiger partial charge in [0.05, 0.1) is 41.2 Å². The van der Waals surface area contributed by atoms with Gasteiger partial charge in [-0.3, -0.25) is 4.79 Å². The quantitative estimate of drug-likeness (QED) is 0.306. The zero-order chi connectivity index (χ0) is 25.2. The van der Waals surface area contributed by atoms with Gasteiger partial charge in [-0.15, -0.1) is 0 Å². The minimum absolute atomic E-state index is 0.281. The Balaban J connectivity index is 1.80. The van der Waals surface area contributed by atoms with E-state index in [0.29, 0.717) is 28.7 Å². The Bertz CT molecular complexity index is 1210. The average molecular weight is 476 g/mol. The molecule has 0 unspecified atom stereocenters. The Labute approximate surface area is 205 Å². The molecule has 3 aromatic carbocycles. The van der Waals surface area contributed by atoms with Crippen LogP contribution in [0, 0.1) is 0 Å². The van der Waals surface area contributed by atoms with Crippen LogP contribution in [-0.2, 0) is 4.79 Å². The van der Waals surface area contributed by atoms with E-state index in [1.807, 2.05) is 60.7 Å². The number of hydrogen-bond acceptors (Lipinski definition) is 6. The van der Waals surface area contributed by atoms with Crippen LogP contribution >= 0.6 is 0 Å². The molecule has 0 aliphatic rings. The zero-order valence-electron chi connectivity index (χ0n) is 20.5. The number of methoxy groups -OCH3 is 5. The second kappa shape index (κ2) is 12.2. The number of carbonyl (C=O) groups excluding carboxylic acids is 1. The van der Waals surface area contributed by atoms with E-state index in [4.69, 9.17) is 23.7 Å². The van der Waals surface area contributed by atoms with Gasteiger partial charge in [0, 0.05) is 6.08 Å². The van der Waals surface area contributed by atoms with E-state index in [1.165, 1.54) is 6.08 Å². The van der Waals surface area contributed by atoms with Gasteiger partial charge in [0.25, 0.3) is 0 Å². The van der Waals surface area contributed by atoms with E-state index < -0.39 is 0 Å². The maximum absolute atomic E-state index is 12.6. The molecule has 1 amide bonds. The normalized spacial score (nSPS) is 10.9. The third-order valence-corrected chi connectivity index (χ3v) is 5.16. The van der Waals surface area contributed by atoms with Gasteiger partial charge >= 0.3 is 0 Å². The van der Waals surface area contributed by atoms with Gasteiger partial charge in [0.2, 0.25) is 11.7 Å². The van der Waals surface area contributed by atoms with E-state index in [9.17, 15) is 4.79 Å². The average Bonchev–Trinajstić information content (AvgIpc) is 2.90. The zero-order valence-corrected chi connectivity index (χ0v) is 20.5. The number of carbonyl (C=O) groups is 1. The lowest BCUT2D eigenvalue weighted by atomic mass is 10.1. The third-order valence-electron chi connectivity index (χ3n) is 5.16. The summed E-state index contributed by atoms with van der Waals surface area (Å²) in [6.07, 6.45) is 7.02. The maximum atomic E-state index is 12.6. The maximum Gasteiger partial charge on any atom is 0.248 e. The van der Waals surface area contributed by atoms with E-state index >= 15 is 0 Å². The first-order valence-electron chi connectivity index (χ1n) is 10.8. The molecule has 7 nitrogen and oxygen atoms in total. The molecule has 0 aliphatic carbocycles. The molecule has 3 aromatic rings. The van der Waals surface area contributed by atoms with Crippen molar-refractivity contribution in [1.29, 1.82) is 0 Å².